The van der Waals surface area contributed by atoms with E-state index in [2.05, 4.69) is 16.0 Å². The van der Waals surface area contributed by atoms with Crippen LogP contribution in [0.25, 0.3) is 0 Å². The molecule has 0 aromatic heterocycles. The predicted molar refractivity (Wildman–Crippen MR) is 90.9 cm³/mol. The molecule has 7 nitrogen and oxygen atoms in total. The van der Waals surface area contributed by atoms with Crippen molar-refractivity contribution < 1.29 is 19.1 Å². The number of nitrogens with one attached hydrogen (secondary N) is 3. The van der Waals surface area contributed by atoms with Gasteiger partial charge in [-0.15, -0.1) is 0 Å². The van der Waals surface area contributed by atoms with Crippen molar-refractivity contribution in [2.24, 2.45) is 0 Å². The van der Waals surface area contributed by atoms with E-state index in [0.717, 1.165) is 0 Å². The Morgan fingerprint density at radius 3 is 2.38 bits per heavy atom. The molecule has 0 saturated carbocycles. The van der Waals surface area contributed by atoms with Crippen LogP contribution in [0.15, 0.2) is 24.3 Å². The fourth-order valence-electron chi connectivity index (χ4n) is 1.78. The summed E-state index contributed by atoms with van der Waals surface area (Å²) in [6, 6.07) is 6.54. The highest BCUT2D eigenvalue weighted by Crippen LogP contribution is 2.09. The van der Waals surface area contributed by atoms with Gasteiger partial charge in [0.15, 0.2) is 0 Å². The number of rotatable bonds is 10. The second-order valence-electron chi connectivity index (χ2n) is 4.99. The summed E-state index contributed by atoms with van der Waals surface area (Å²) in [5.41, 5.74) is 0.511. The lowest BCUT2D eigenvalue weighted by Crippen LogP contribution is -2.38. The van der Waals surface area contributed by atoms with Crippen molar-refractivity contribution in [3.8, 4) is 0 Å². The number of hydrogen-bond donors (Lipinski definition) is 3. The highest BCUT2D eigenvalue weighted by atomic mass is 35.5. The molecule has 1 rings (SSSR count). The van der Waals surface area contributed by atoms with E-state index in [4.69, 9.17) is 16.3 Å². The Morgan fingerprint density at radius 2 is 1.71 bits per heavy atom. The monoisotopic (exact) mass is 355 g/mol. The molecule has 8 heteroatoms. The first-order valence-electron chi connectivity index (χ1n) is 7.59. The zero-order chi connectivity index (χ0) is 17.8. The molecule has 0 fully saturated rings. The number of carbonyl (C=O) groups excluding carboxylic acids is 3. The summed E-state index contributed by atoms with van der Waals surface area (Å²) in [6.45, 7) is 1.13. The molecule has 3 amide bonds. The van der Waals surface area contributed by atoms with E-state index in [1.165, 1.54) is 0 Å². The van der Waals surface area contributed by atoms with Crippen molar-refractivity contribution in [2.75, 3.05) is 33.4 Å². The van der Waals surface area contributed by atoms with Crippen molar-refractivity contribution in [2.45, 2.75) is 12.8 Å². The van der Waals surface area contributed by atoms with Gasteiger partial charge in [-0.05, 0) is 30.7 Å². The molecule has 0 aliphatic rings. The number of halogens is 1. The van der Waals surface area contributed by atoms with Gasteiger partial charge in [0, 0.05) is 37.2 Å². The smallest absolute Gasteiger partial charge is 0.251 e. The quantitative estimate of drug-likeness (QED) is 0.539. The number of carbonyl (C=O) groups is 3. The summed E-state index contributed by atoms with van der Waals surface area (Å²) < 4.78 is 4.80. The van der Waals surface area contributed by atoms with Gasteiger partial charge in [-0.3, -0.25) is 14.4 Å². The molecule has 0 unspecified atom stereocenters. The predicted octanol–water partition coefficient (Wildman–Crippen LogP) is 0.729. The van der Waals surface area contributed by atoms with Crippen LogP contribution in [-0.2, 0) is 14.3 Å². The van der Waals surface area contributed by atoms with Gasteiger partial charge >= 0.3 is 0 Å². The summed E-state index contributed by atoms with van der Waals surface area (Å²) in [7, 11) is 1.54. The second kappa shape index (κ2) is 11.4. The SMILES string of the molecule is COCCNC(=O)CNC(=O)CCCNC(=O)c1ccc(Cl)cc1. The molecule has 132 valence electrons. The van der Waals surface area contributed by atoms with E-state index < -0.39 is 0 Å². The summed E-state index contributed by atoms with van der Waals surface area (Å²) in [5.74, 6) is -0.723. The first-order valence-corrected chi connectivity index (χ1v) is 7.97. The van der Waals surface area contributed by atoms with Gasteiger partial charge in [-0.25, -0.2) is 0 Å². The minimum atomic E-state index is -0.267. The van der Waals surface area contributed by atoms with E-state index in [0.29, 0.717) is 36.7 Å². The molecule has 0 aliphatic carbocycles. The second-order valence-corrected chi connectivity index (χ2v) is 5.42. The van der Waals surface area contributed by atoms with Gasteiger partial charge < -0.3 is 20.7 Å². The van der Waals surface area contributed by atoms with Crippen molar-refractivity contribution in [1.29, 1.82) is 0 Å². The van der Waals surface area contributed by atoms with E-state index >= 15 is 0 Å². The molecular weight excluding hydrogens is 334 g/mol. The Kier molecular flexibility index (Phi) is 9.48. The van der Waals surface area contributed by atoms with E-state index in [1.807, 2.05) is 0 Å². The van der Waals surface area contributed by atoms with Gasteiger partial charge in [0.05, 0.1) is 13.2 Å². The summed E-state index contributed by atoms with van der Waals surface area (Å²) in [6.07, 6.45) is 0.711. The maximum absolute atomic E-state index is 11.8. The highest BCUT2D eigenvalue weighted by Gasteiger charge is 2.07. The van der Waals surface area contributed by atoms with Crippen LogP contribution in [0.4, 0.5) is 0 Å². The van der Waals surface area contributed by atoms with Crippen LogP contribution in [0.5, 0.6) is 0 Å². The topological polar surface area (TPSA) is 96.5 Å². The molecule has 24 heavy (non-hydrogen) atoms. The minimum absolute atomic E-state index is 0.0698. The van der Waals surface area contributed by atoms with E-state index in [9.17, 15) is 14.4 Å². The van der Waals surface area contributed by atoms with Crippen LogP contribution >= 0.6 is 11.6 Å². The number of amides is 3. The Labute approximate surface area is 146 Å². The van der Waals surface area contributed by atoms with Crippen LogP contribution < -0.4 is 16.0 Å². The average molecular weight is 356 g/mol. The Morgan fingerprint density at radius 1 is 1.00 bits per heavy atom. The minimum Gasteiger partial charge on any atom is -0.383 e. The molecule has 3 N–H and O–H groups in total. The van der Waals surface area contributed by atoms with Crippen molar-refractivity contribution in [3.63, 3.8) is 0 Å². The number of ether oxygens (including phenoxy) is 1. The highest BCUT2D eigenvalue weighted by molar-refractivity contribution is 6.30. The Balaban J connectivity index is 2.11. The first-order chi connectivity index (χ1) is 11.5. The number of benzene rings is 1. The van der Waals surface area contributed by atoms with Crippen LogP contribution in [0.3, 0.4) is 0 Å². The third-order valence-corrected chi connectivity index (χ3v) is 3.30. The molecule has 0 spiro atoms. The molecule has 1 aromatic carbocycles. The molecule has 1 aromatic rings. The van der Waals surface area contributed by atoms with Crippen LogP contribution in [0.2, 0.25) is 5.02 Å². The fourth-order valence-corrected chi connectivity index (χ4v) is 1.90. The standard InChI is InChI=1S/C16H22ClN3O4/c1-24-10-9-18-15(22)11-20-14(21)3-2-8-19-16(23)12-4-6-13(17)7-5-12/h4-7H,2-3,8-11H2,1H3,(H,18,22)(H,19,23)(H,20,21). The Bertz CT molecular complexity index is 549. The van der Waals surface area contributed by atoms with Crippen molar-refractivity contribution in [1.82, 2.24) is 16.0 Å². The maximum Gasteiger partial charge on any atom is 0.251 e. The molecule has 0 bridgehead atoms. The first kappa shape index (κ1) is 19.9. The fraction of sp³-hybridized carbons (Fsp3) is 0.438. The zero-order valence-electron chi connectivity index (χ0n) is 13.6. The molecule has 0 heterocycles. The number of hydrogen-bond acceptors (Lipinski definition) is 4. The van der Waals surface area contributed by atoms with Crippen LogP contribution in [0.1, 0.15) is 23.2 Å². The third-order valence-electron chi connectivity index (χ3n) is 3.05. The molecule has 0 radical (unpaired) electrons. The van der Waals surface area contributed by atoms with Crippen LogP contribution in [0, 0.1) is 0 Å². The van der Waals surface area contributed by atoms with E-state index in [-0.39, 0.29) is 30.7 Å². The third kappa shape index (κ3) is 8.50. The van der Waals surface area contributed by atoms with Crippen molar-refractivity contribution in [3.05, 3.63) is 34.9 Å². The Hall–Kier alpha value is -2.12. The van der Waals surface area contributed by atoms with Crippen LogP contribution in [-0.4, -0.2) is 51.1 Å². The van der Waals surface area contributed by atoms with E-state index in [1.54, 1.807) is 31.4 Å². The lowest BCUT2D eigenvalue weighted by molar-refractivity contribution is -0.126. The largest absolute Gasteiger partial charge is 0.383 e. The van der Waals surface area contributed by atoms with Crippen molar-refractivity contribution >= 4 is 29.3 Å². The van der Waals surface area contributed by atoms with Gasteiger partial charge in [0.1, 0.15) is 0 Å². The summed E-state index contributed by atoms with van der Waals surface area (Å²) in [5, 5.41) is 8.40. The van der Waals surface area contributed by atoms with Gasteiger partial charge in [-0.1, -0.05) is 11.6 Å². The van der Waals surface area contributed by atoms with Gasteiger partial charge in [-0.2, -0.15) is 0 Å². The summed E-state index contributed by atoms with van der Waals surface area (Å²) >= 11 is 5.75. The normalized spacial score (nSPS) is 10.1. The lowest BCUT2D eigenvalue weighted by atomic mass is 10.2. The molecular formula is C16H22ClN3O4. The average Bonchev–Trinajstić information content (AvgIpc) is 2.57. The zero-order valence-corrected chi connectivity index (χ0v) is 14.3. The van der Waals surface area contributed by atoms with Gasteiger partial charge in [0.25, 0.3) is 5.91 Å². The molecule has 0 aliphatic heterocycles. The maximum atomic E-state index is 11.8. The van der Waals surface area contributed by atoms with Gasteiger partial charge in [0.2, 0.25) is 11.8 Å². The number of methoxy groups -OCH3 is 1. The summed E-state index contributed by atoms with van der Waals surface area (Å²) in [4.78, 5) is 34.8. The lowest BCUT2D eigenvalue weighted by Gasteiger charge is -2.07. The molecule has 0 saturated heterocycles. The molecule has 0 atom stereocenters.